The summed E-state index contributed by atoms with van der Waals surface area (Å²) in [5, 5.41) is 0. The average molecular weight is 348 g/mol. The van der Waals surface area contributed by atoms with Crippen molar-refractivity contribution < 1.29 is 17.9 Å². The largest absolute Gasteiger partial charge is 0.495 e. The molecule has 0 atom stereocenters. The minimum atomic E-state index is -4.02. The molecule has 0 aliphatic carbocycles. The maximum Gasteiger partial charge on any atom is 0.268 e. The Balaban J connectivity index is 2.64. The summed E-state index contributed by atoms with van der Waals surface area (Å²) in [5.41, 5.74) is 7.27. The summed E-state index contributed by atoms with van der Waals surface area (Å²) in [7, 11) is -2.63. The number of anilines is 1. The number of sulfonamides is 1. The lowest BCUT2D eigenvalue weighted by atomic mass is 10.2. The molecule has 0 aliphatic rings. The molecule has 0 saturated carbocycles. The van der Waals surface area contributed by atoms with E-state index in [0.717, 1.165) is 15.4 Å². The molecule has 0 heterocycles. The number of benzene rings is 2. The molecule has 0 aromatic heterocycles. The molecule has 0 radical (unpaired) electrons. The molecular weight excluding hydrogens is 328 g/mol. The number of methoxy groups -OCH3 is 1. The van der Waals surface area contributed by atoms with Crippen LogP contribution in [0.1, 0.15) is 11.1 Å². The van der Waals surface area contributed by atoms with Gasteiger partial charge in [0.1, 0.15) is 17.2 Å². The Morgan fingerprint density at radius 1 is 1.12 bits per heavy atom. The minimum Gasteiger partial charge on any atom is -0.495 e. The highest BCUT2D eigenvalue weighted by Crippen LogP contribution is 2.31. The van der Waals surface area contributed by atoms with Gasteiger partial charge in [0.2, 0.25) is 5.91 Å². The van der Waals surface area contributed by atoms with Crippen molar-refractivity contribution in [1.82, 2.24) is 0 Å². The Hall–Kier alpha value is -2.54. The zero-order valence-corrected chi connectivity index (χ0v) is 14.6. The fraction of sp³-hybridized carbons (Fsp3) is 0.235. The maximum atomic E-state index is 13.1. The lowest BCUT2D eigenvalue weighted by Gasteiger charge is -2.24. The number of rotatable bonds is 6. The smallest absolute Gasteiger partial charge is 0.268 e. The number of nitrogens with zero attached hydrogens (tertiary/aromatic N) is 1. The van der Waals surface area contributed by atoms with Crippen molar-refractivity contribution in [1.29, 1.82) is 0 Å². The summed E-state index contributed by atoms with van der Waals surface area (Å²) < 4.78 is 32.5. The lowest BCUT2D eigenvalue weighted by Crippen LogP contribution is -2.38. The van der Waals surface area contributed by atoms with Gasteiger partial charge in [-0.3, -0.25) is 9.10 Å². The van der Waals surface area contributed by atoms with Crippen molar-refractivity contribution in [2.24, 2.45) is 5.73 Å². The van der Waals surface area contributed by atoms with Gasteiger partial charge in [-0.25, -0.2) is 8.42 Å². The second-order valence-corrected chi connectivity index (χ2v) is 7.30. The maximum absolute atomic E-state index is 13.1. The Morgan fingerprint density at radius 3 is 2.38 bits per heavy atom. The second kappa shape index (κ2) is 6.92. The monoisotopic (exact) mass is 348 g/mol. The molecule has 128 valence electrons. The van der Waals surface area contributed by atoms with Crippen molar-refractivity contribution in [3.05, 3.63) is 53.6 Å². The number of aryl methyl sites for hydroxylation is 2. The molecule has 0 fully saturated rings. The van der Waals surface area contributed by atoms with Gasteiger partial charge in [0.15, 0.2) is 0 Å². The van der Waals surface area contributed by atoms with Crippen LogP contribution in [0, 0.1) is 13.8 Å². The summed E-state index contributed by atoms with van der Waals surface area (Å²) in [6, 6.07) is 11.7. The van der Waals surface area contributed by atoms with Crippen LogP contribution in [0.4, 0.5) is 5.69 Å². The van der Waals surface area contributed by atoms with Crippen LogP contribution in [0.5, 0.6) is 5.75 Å². The SMILES string of the molecule is COc1ccc(C)cc1S(=O)(=O)N(CC(N)=O)c1cccc(C)c1. The van der Waals surface area contributed by atoms with Crippen LogP contribution in [-0.4, -0.2) is 28.0 Å². The topological polar surface area (TPSA) is 89.7 Å². The lowest BCUT2D eigenvalue weighted by molar-refractivity contribution is -0.116. The van der Waals surface area contributed by atoms with E-state index in [1.165, 1.54) is 13.2 Å². The van der Waals surface area contributed by atoms with E-state index in [1.54, 1.807) is 37.3 Å². The first-order valence-electron chi connectivity index (χ1n) is 7.28. The van der Waals surface area contributed by atoms with E-state index >= 15 is 0 Å². The van der Waals surface area contributed by atoms with Gasteiger partial charge in [-0.1, -0.05) is 18.2 Å². The van der Waals surface area contributed by atoms with Crippen LogP contribution in [0.25, 0.3) is 0 Å². The standard InChI is InChI=1S/C17H20N2O4S/c1-12-5-4-6-14(9-12)19(11-17(18)20)24(21,22)16-10-13(2)7-8-15(16)23-3/h4-10H,11H2,1-3H3,(H2,18,20). The van der Waals surface area contributed by atoms with E-state index < -0.39 is 22.5 Å². The van der Waals surface area contributed by atoms with Crippen molar-refractivity contribution in [3.8, 4) is 5.75 Å². The number of primary amides is 1. The highest BCUT2D eigenvalue weighted by Gasteiger charge is 2.29. The van der Waals surface area contributed by atoms with Gasteiger partial charge in [0, 0.05) is 0 Å². The molecule has 2 rings (SSSR count). The Bertz CT molecular complexity index is 863. The third-order valence-electron chi connectivity index (χ3n) is 3.48. The van der Waals surface area contributed by atoms with Crippen molar-refractivity contribution >= 4 is 21.6 Å². The first-order chi connectivity index (χ1) is 11.3. The number of amides is 1. The molecule has 0 unspecified atom stereocenters. The van der Waals surface area contributed by atoms with E-state index in [9.17, 15) is 13.2 Å². The third-order valence-corrected chi connectivity index (χ3v) is 5.27. The predicted octanol–water partition coefficient (Wildman–Crippen LogP) is 1.99. The van der Waals surface area contributed by atoms with Crippen LogP contribution in [-0.2, 0) is 14.8 Å². The zero-order chi connectivity index (χ0) is 17.9. The number of hydrogen-bond donors (Lipinski definition) is 1. The van der Waals surface area contributed by atoms with E-state index in [2.05, 4.69) is 0 Å². The van der Waals surface area contributed by atoms with E-state index in [-0.39, 0.29) is 10.6 Å². The Morgan fingerprint density at radius 2 is 1.79 bits per heavy atom. The van der Waals surface area contributed by atoms with Crippen LogP contribution >= 0.6 is 0 Å². The number of carbonyl (C=O) groups excluding carboxylic acids is 1. The number of carbonyl (C=O) groups is 1. The molecule has 0 aliphatic heterocycles. The van der Waals surface area contributed by atoms with Gasteiger partial charge in [-0.05, 0) is 49.2 Å². The Kier molecular flexibility index (Phi) is 5.14. The third kappa shape index (κ3) is 3.68. The molecular formula is C17H20N2O4S. The molecule has 7 heteroatoms. The minimum absolute atomic E-state index is 0.00671. The van der Waals surface area contributed by atoms with Crippen LogP contribution in [0.3, 0.4) is 0 Å². The summed E-state index contributed by atoms with van der Waals surface area (Å²) in [4.78, 5) is 11.4. The van der Waals surface area contributed by atoms with Crippen LogP contribution < -0.4 is 14.8 Å². The van der Waals surface area contributed by atoms with Gasteiger partial charge >= 0.3 is 0 Å². The first kappa shape index (κ1) is 17.8. The molecule has 1 amide bonds. The first-order valence-corrected chi connectivity index (χ1v) is 8.72. The number of hydrogen-bond acceptors (Lipinski definition) is 4. The molecule has 2 aromatic rings. The van der Waals surface area contributed by atoms with Crippen LogP contribution in [0.2, 0.25) is 0 Å². The van der Waals surface area contributed by atoms with Gasteiger partial charge < -0.3 is 10.5 Å². The Labute approximate surface area is 141 Å². The fourth-order valence-corrected chi connectivity index (χ4v) is 4.01. The van der Waals surface area contributed by atoms with Gasteiger partial charge in [-0.2, -0.15) is 0 Å². The quantitative estimate of drug-likeness (QED) is 0.864. The fourth-order valence-electron chi connectivity index (χ4n) is 2.34. The number of nitrogens with two attached hydrogens (primary N) is 1. The van der Waals surface area contributed by atoms with Gasteiger partial charge in [0.05, 0.1) is 12.8 Å². The average Bonchev–Trinajstić information content (AvgIpc) is 2.52. The molecule has 0 saturated heterocycles. The second-order valence-electron chi connectivity index (χ2n) is 5.47. The highest BCUT2D eigenvalue weighted by molar-refractivity contribution is 7.93. The molecule has 0 spiro atoms. The van der Waals surface area contributed by atoms with E-state index in [4.69, 9.17) is 10.5 Å². The summed E-state index contributed by atoms with van der Waals surface area (Å²) in [6.45, 7) is 3.16. The molecule has 2 aromatic carbocycles. The summed E-state index contributed by atoms with van der Waals surface area (Å²) in [6.07, 6.45) is 0. The normalized spacial score (nSPS) is 11.1. The summed E-state index contributed by atoms with van der Waals surface area (Å²) in [5.74, 6) is -0.533. The van der Waals surface area contributed by atoms with Gasteiger partial charge in [-0.15, -0.1) is 0 Å². The highest BCUT2D eigenvalue weighted by atomic mass is 32.2. The summed E-state index contributed by atoms with van der Waals surface area (Å²) >= 11 is 0. The predicted molar refractivity (Wildman–Crippen MR) is 92.6 cm³/mol. The van der Waals surface area contributed by atoms with Crippen LogP contribution in [0.15, 0.2) is 47.4 Å². The number of ether oxygens (including phenoxy) is 1. The molecule has 6 nitrogen and oxygen atoms in total. The van der Waals surface area contributed by atoms with Gasteiger partial charge in [0.25, 0.3) is 10.0 Å². The van der Waals surface area contributed by atoms with Crippen molar-refractivity contribution in [3.63, 3.8) is 0 Å². The van der Waals surface area contributed by atoms with E-state index in [1.807, 2.05) is 13.0 Å². The molecule has 24 heavy (non-hydrogen) atoms. The van der Waals surface area contributed by atoms with E-state index in [0.29, 0.717) is 5.69 Å². The zero-order valence-electron chi connectivity index (χ0n) is 13.8. The molecule has 0 bridgehead atoms. The van der Waals surface area contributed by atoms with Crippen molar-refractivity contribution in [2.45, 2.75) is 18.7 Å². The van der Waals surface area contributed by atoms with Crippen molar-refractivity contribution in [2.75, 3.05) is 18.0 Å². The molecule has 2 N–H and O–H groups in total.